The third-order valence-electron chi connectivity index (χ3n) is 3.87. The highest BCUT2D eigenvalue weighted by Gasteiger charge is 2.18. The normalized spacial score (nSPS) is 17.0. The summed E-state index contributed by atoms with van der Waals surface area (Å²) in [5, 5.41) is 0. The number of hydrogen-bond donors (Lipinski definition) is 1. The first kappa shape index (κ1) is 16.3. The molecule has 1 fully saturated rings. The molecule has 3 nitrogen and oxygen atoms in total. The summed E-state index contributed by atoms with van der Waals surface area (Å²) in [7, 11) is 1.74. The molecule has 0 amide bonds. The van der Waals surface area contributed by atoms with E-state index >= 15 is 0 Å². The maximum Gasteiger partial charge on any atom is 0.123 e. The van der Waals surface area contributed by atoms with Gasteiger partial charge in [-0.05, 0) is 51.4 Å². The van der Waals surface area contributed by atoms with Gasteiger partial charge in [-0.3, -0.25) is 4.90 Å². The Balaban J connectivity index is 0.00000180. The second kappa shape index (κ2) is 7.73. The van der Waals surface area contributed by atoms with Crippen molar-refractivity contribution < 1.29 is 4.74 Å². The van der Waals surface area contributed by atoms with Gasteiger partial charge in [0, 0.05) is 12.1 Å². The molecule has 0 atom stereocenters. The standard InChI is InChI=1S/C15H24N2O.ClH/c1-12-3-4-15(18-2)14(9-12)11-17-7-5-13(10-16)6-8-17;/h3-4,9,13H,5-8,10-11,16H2,1-2H3;1H. The molecule has 1 saturated heterocycles. The van der Waals surface area contributed by atoms with Crippen molar-refractivity contribution in [1.82, 2.24) is 4.90 Å². The van der Waals surface area contributed by atoms with Crippen LogP contribution in [0, 0.1) is 12.8 Å². The molecule has 0 aliphatic carbocycles. The largest absolute Gasteiger partial charge is 0.496 e. The topological polar surface area (TPSA) is 38.5 Å². The van der Waals surface area contributed by atoms with Crippen LogP contribution >= 0.6 is 12.4 Å². The quantitative estimate of drug-likeness (QED) is 0.924. The summed E-state index contributed by atoms with van der Waals surface area (Å²) in [4.78, 5) is 2.50. The number of nitrogens with zero attached hydrogens (tertiary/aromatic N) is 1. The lowest BCUT2D eigenvalue weighted by Crippen LogP contribution is -2.35. The summed E-state index contributed by atoms with van der Waals surface area (Å²) in [6, 6.07) is 6.40. The molecule has 2 rings (SSSR count). The fourth-order valence-electron chi connectivity index (χ4n) is 2.65. The zero-order valence-corrected chi connectivity index (χ0v) is 12.7. The molecule has 0 bridgehead atoms. The molecule has 0 saturated carbocycles. The van der Waals surface area contributed by atoms with Crippen molar-refractivity contribution in [3.8, 4) is 5.75 Å². The number of aryl methyl sites for hydroxylation is 1. The summed E-state index contributed by atoms with van der Waals surface area (Å²) in [6.07, 6.45) is 2.45. The van der Waals surface area contributed by atoms with Gasteiger partial charge in [-0.15, -0.1) is 12.4 Å². The molecule has 1 aliphatic heterocycles. The third kappa shape index (κ3) is 4.37. The smallest absolute Gasteiger partial charge is 0.123 e. The van der Waals surface area contributed by atoms with Crippen LogP contribution in [-0.2, 0) is 6.54 Å². The Kier molecular flexibility index (Phi) is 6.63. The van der Waals surface area contributed by atoms with Crippen LogP contribution < -0.4 is 10.5 Å². The Morgan fingerprint density at radius 1 is 1.32 bits per heavy atom. The minimum Gasteiger partial charge on any atom is -0.496 e. The van der Waals surface area contributed by atoms with E-state index in [4.69, 9.17) is 10.5 Å². The van der Waals surface area contributed by atoms with E-state index < -0.39 is 0 Å². The van der Waals surface area contributed by atoms with Crippen LogP contribution in [0.15, 0.2) is 18.2 Å². The first-order valence-corrected chi connectivity index (χ1v) is 6.79. The highest BCUT2D eigenvalue weighted by atomic mass is 35.5. The number of rotatable bonds is 4. The lowest BCUT2D eigenvalue weighted by atomic mass is 9.96. The van der Waals surface area contributed by atoms with E-state index in [2.05, 4.69) is 30.0 Å². The molecule has 0 unspecified atom stereocenters. The van der Waals surface area contributed by atoms with E-state index in [9.17, 15) is 0 Å². The van der Waals surface area contributed by atoms with Crippen LogP contribution in [0.2, 0.25) is 0 Å². The lowest BCUT2D eigenvalue weighted by Gasteiger charge is -2.31. The zero-order chi connectivity index (χ0) is 13.0. The Labute approximate surface area is 122 Å². The Morgan fingerprint density at radius 3 is 2.58 bits per heavy atom. The Bertz CT molecular complexity index is 390. The predicted molar refractivity (Wildman–Crippen MR) is 82.0 cm³/mol. The minimum absolute atomic E-state index is 0. The van der Waals surface area contributed by atoms with E-state index in [0.717, 1.165) is 37.8 Å². The average molecular weight is 285 g/mol. The van der Waals surface area contributed by atoms with E-state index in [1.807, 2.05) is 0 Å². The van der Waals surface area contributed by atoms with Crippen molar-refractivity contribution in [3.63, 3.8) is 0 Å². The molecule has 1 aliphatic rings. The van der Waals surface area contributed by atoms with Gasteiger partial charge in [-0.25, -0.2) is 0 Å². The summed E-state index contributed by atoms with van der Waals surface area (Å²) < 4.78 is 5.44. The molecular formula is C15H25ClN2O. The van der Waals surface area contributed by atoms with Gasteiger partial charge in [0.1, 0.15) is 5.75 Å². The van der Waals surface area contributed by atoms with Crippen molar-refractivity contribution in [2.24, 2.45) is 11.7 Å². The average Bonchev–Trinajstić information content (AvgIpc) is 2.40. The number of ether oxygens (including phenoxy) is 1. The van der Waals surface area contributed by atoms with Crippen molar-refractivity contribution in [3.05, 3.63) is 29.3 Å². The second-order valence-electron chi connectivity index (χ2n) is 5.27. The van der Waals surface area contributed by atoms with Crippen molar-refractivity contribution >= 4 is 12.4 Å². The van der Waals surface area contributed by atoms with Crippen molar-refractivity contribution in [2.75, 3.05) is 26.7 Å². The van der Waals surface area contributed by atoms with Gasteiger partial charge in [0.25, 0.3) is 0 Å². The van der Waals surface area contributed by atoms with E-state index in [1.54, 1.807) is 7.11 Å². The van der Waals surface area contributed by atoms with E-state index in [-0.39, 0.29) is 12.4 Å². The molecule has 1 aromatic carbocycles. The monoisotopic (exact) mass is 284 g/mol. The first-order valence-electron chi connectivity index (χ1n) is 6.79. The maximum absolute atomic E-state index is 5.73. The number of methoxy groups -OCH3 is 1. The van der Waals surface area contributed by atoms with E-state index in [0.29, 0.717) is 0 Å². The summed E-state index contributed by atoms with van der Waals surface area (Å²) in [5.41, 5.74) is 8.32. The molecule has 0 aromatic heterocycles. The Morgan fingerprint density at radius 2 is 2.00 bits per heavy atom. The third-order valence-corrected chi connectivity index (χ3v) is 3.87. The van der Waals surface area contributed by atoms with Crippen molar-refractivity contribution in [1.29, 1.82) is 0 Å². The Hall–Kier alpha value is -0.770. The van der Waals surface area contributed by atoms with Crippen molar-refractivity contribution in [2.45, 2.75) is 26.3 Å². The molecule has 0 spiro atoms. The van der Waals surface area contributed by atoms with Crippen LogP contribution in [0.25, 0.3) is 0 Å². The molecule has 0 radical (unpaired) electrons. The van der Waals surface area contributed by atoms with Gasteiger partial charge in [0.05, 0.1) is 7.11 Å². The van der Waals surface area contributed by atoms with Crippen LogP contribution in [0.3, 0.4) is 0 Å². The number of halogens is 1. The van der Waals surface area contributed by atoms with Gasteiger partial charge in [0.2, 0.25) is 0 Å². The minimum atomic E-state index is 0. The molecule has 1 aromatic rings. The number of piperidine rings is 1. The van der Waals surface area contributed by atoms with Crippen LogP contribution in [-0.4, -0.2) is 31.6 Å². The van der Waals surface area contributed by atoms with Crippen LogP contribution in [0.5, 0.6) is 5.75 Å². The molecular weight excluding hydrogens is 260 g/mol. The van der Waals surface area contributed by atoms with Gasteiger partial charge in [0.15, 0.2) is 0 Å². The van der Waals surface area contributed by atoms with Gasteiger partial charge in [-0.1, -0.05) is 17.7 Å². The van der Waals surface area contributed by atoms with Gasteiger partial charge >= 0.3 is 0 Å². The fourth-order valence-corrected chi connectivity index (χ4v) is 2.65. The number of benzene rings is 1. The maximum atomic E-state index is 5.73. The van der Waals surface area contributed by atoms with Gasteiger partial charge < -0.3 is 10.5 Å². The highest BCUT2D eigenvalue weighted by Crippen LogP contribution is 2.24. The van der Waals surface area contributed by atoms with Crippen LogP contribution in [0.4, 0.5) is 0 Å². The van der Waals surface area contributed by atoms with Crippen LogP contribution in [0.1, 0.15) is 24.0 Å². The number of nitrogens with two attached hydrogens (primary N) is 1. The first-order chi connectivity index (χ1) is 8.72. The molecule has 108 valence electrons. The van der Waals surface area contributed by atoms with Gasteiger partial charge in [-0.2, -0.15) is 0 Å². The molecule has 1 heterocycles. The molecule has 4 heteroatoms. The number of hydrogen-bond acceptors (Lipinski definition) is 3. The summed E-state index contributed by atoms with van der Waals surface area (Å²) in [6.45, 7) is 6.26. The fraction of sp³-hybridized carbons (Fsp3) is 0.600. The second-order valence-corrected chi connectivity index (χ2v) is 5.27. The molecule has 2 N–H and O–H groups in total. The summed E-state index contributed by atoms with van der Waals surface area (Å²) >= 11 is 0. The highest BCUT2D eigenvalue weighted by molar-refractivity contribution is 5.85. The lowest BCUT2D eigenvalue weighted by molar-refractivity contribution is 0.179. The zero-order valence-electron chi connectivity index (χ0n) is 11.9. The SMILES string of the molecule is COc1ccc(C)cc1CN1CCC(CN)CC1.Cl. The molecule has 19 heavy (non-hydrogen) atoms. The number of likely N-dealkylation sites (tertiary alicyclic amines) is 1. The summed E-state index contributed by atoms with van der Waals surface area (Å²) in [5.74, 6) is 1.72. The van der Waals surface area contributed by atoms with E-state index in [1.165, 1.54) is 24.0 Å². The predicted octanol–water partition coefficient (Wildman–Crippen LogP) is 2.60.